The van der Waals surface area contributed by atoms with Gasteiger partial charge in [-0.1, -0.05) is 32.4 Å². The first kappa shape index (κ1) is 25.7. The molecular weight excluding hydrogens is 504 g/mol. The second-order valence-electron chi connectivity index (χ2n) is 10.8. The highest BCUT2D eigenvalue weighted by molar-refractivity contribution is 6.31. The Labute approximate surface area is 225 Å². The predicted molar refractivity (Wildman–Crippen MR) is 144 cm³/mol. The maximum Gasteiger partial charge on any atom is 0.255 e. The fraction of sp³-hybridized carbons (Fsp3) is 0.407. The van der Waals surface area contributed by atoms with Crippen molar-refractivity contribution in [3.8, 4) is 17.5 Å². The summed E-state index contributed by atoms with van der Waals surface area (Å²) in [7, 11) is 1.84. The Morgan fingerprint density at radius 2 is 2.00 bits per heavy atom. The van der Waals surface area contributed by atoms with Crippen LogP contribution in [0.2, 0.25) is 5.02 Å². The number of fused-ring (bicyclic) bond motifs is 2. The second-order valence-corrected chi connectivity index (χ2v) is 11.2. The van der Waals surface area contributed by atoms with E-state index in [1.807, 2.05) is 40.0 Å². The molecule has 1 aliphatic heterocycles. The maximum absolute atomic E-state index is 13.5. The van der Waals surface area contributed by atoms with Crippen molar-refractivity contribution in [2.75, 3.05) is 13.1 Å². The van der Waals surface area contributed by atoms with Gasteiger partial charge in [-0.3, -0.25) is 14.3 Å². The number of piperidine rings is 1. The number of rotatable bonds is 4. The average Bonchev–Trinajstić information content (AvgIpc) is 3.46. The van der Waals surface area contributed by atoms with Gasteiger partial charge in [0.1, 0.15) is 22.9 Å². The summed E-state index contributed by atoms with van der Waals surface area (Å²) in [6.07, 6.45) is 4.44. The second kappa shape index (κ2) is 9.72. The number of benzene rings is 1. The molecule has 1 saturated heterocycles. The van der Waals surface area contributed by atoms with E-state index in [-0.39, 0.29) is 17.4 Å². The van der Waals surface area contributed by atoms with Crippen molar-refractivity contribution in [1.29, 1.82) is 5.26 Å². The number of likely N-dealkylation sites (tertiary alicyclic amines) is 1. The Morgan fingerprint density at radius 1 is 1.26 bits per heavy atom. The number of aromatic nitrogens is 5. The molecule has 1 aliphatic rings. The number of nitrogens with zero attached hydrogens (tertiary/aromatic N) is 6. The molecule has 38 heavy (non-hydrogen) atoms. The van der Waals surface area contributed by atoms with Gasteiger partial charge in [0.15, 0.2) is 5.65 Å². The number of aryl methyl sites for hydroxylation is 1. The van der Waals surface area contributed by atoms with Gasteiger partial charge < -0.3 is 15.2 Å². The third-order valence-electron chi connectivity index (χ3n) is 7.06. The van der Waals surface area contributed by atoms with Crippen molar-refractivity contribution in [1.82, 2.24) is 34.9 Å². The molecular formula is C27H29ClN8O2. The third kappa shape index (κ3) is 4.70. The van der Waals surface area contributed by atoms with E-state index in [4.69, 9.17) is 16.6 Å². The zero-order valence-corrected chi connectivity index (χ0v) is 22.5. The van der Waals surface area contributed by atoms with Gasteiger partial charge in [-0.25, -0.2) is 9.97 Å². The van der Waals surface area contributed by atoms with Crippen molar-refractivity contribution in [3.05, 3.63) is 41.2 Å². The first-order valence-electron chi connectivity index (χ1n) is 12.5. The van der Waals surface area contributed by atoms with Gasteiger partial charge in [0.05, 0.1) is 23.3 Å². The van der Waals surface area contributed by atoms with E-state index in [1.54, 1.807) is 28.0 Å². The number of nitriles is 1. The molecule has 1 fully saturated rings. The summed E-state index contributed by atoms with van der Waals surface area (Å²) in [5.41, 5.74) is 2.60. The summed E-state index contributed by atoms with van der Waals surface area (Å²) >= 11 is 6.24. The largest absolute Gasteiger partial charge is 0.344 e. The third-order valence-corrected chi connectivity index (χ3v) is 7.29. The van der Waals surface area contributed by atoms with Crippen LogP contribution >= 0.6 is 11.6 Å². The van der Waals surface area contributed by atoms with Crippen LogP contribution in [-0.4, -0.2) is 60.6 Å². The molecule has 5 rings (SSSR count). The number of hydrogen-bond acceptors (Lipinski definition) is 6. The van der Waals surface area contributed by atoms with Gasteiger partial charge in [0.2, 0.25) is 5.91 Å². The standard InChI is InChI=1S/C27H29ClN8O2/c1-27(2,3)23(26(38)36-9-7-15(12-29)8-10-36)33-25(37)18-13-30-24-22(18)32-19(14-31-24)21-17-11-16(28)5-6-20(17)35(4)34-21/h5-6,11,13-15,23H,7-10H2,1-4H3,(H,30,31)(H,33,37)/t23-/m0/s1. The molecule has 1 aromatic carbocycles. The Kier molecular flexibility index (Phi) is 6.57. The first-order chi connectivity index (χ1) is 18.1. The zero-order chi connectivity index (χ0) is 27.2. The SMILES string of the molecule is Cn1nc(-c2cnc3[nH]cc(C(=O)N[C@@H](C(=O)N4CCC(C#N)CC4)C(C)(C)C)c3n2)c2cc(Cl)ccc21. The summed E-state index contributed by atoms with van der Waals surface area (Å²) < 4.78 is 1.75. The summed E-state index contributed by atoms with van der Waals surface area (Å²) in [6, 6.07) is 7.05. The number of halogens is 1. The quantitative estimate of drug-likeness (QED) is 0.407. The molecule has 0 aliphatic carbocycles. The van der Waals surface area contributed by atoms with Crippen molar-refractivity contribution in [2.24, 2.45) is 18.4 Å². The van der Waals surface area contributed by atoms with Gasteiger partial charge in [-0.15, -0.1) is 0 Å². The molecule has 2 N–H and O–H groups in total. The summed E-state index contributed by atoms with van der Waals surface area (Å²) in [5, 5.41) is 18.2. The van der Waals surface area contributed by atoms with E-state index in [0.717, 1.165) is 10.9 Å². The van der Waals surface area contributed by atoms with E-state index in [0.29, 0.717) is 53.5 Å². The van der Waals surface area contributed by atoms with Crippen LogP contribution in [0.1, 0.15) is 44.0 Å². The normalized spacial score (nSPS) is 15.5. The lowest BCUT2D eigenvalue weighted by atomic mass is 9.85. The highest BCUT2D eigenvalue weighted by Crippen LogP contribution is 2.30. The fourth-order valence-electron chi connectivity index (χ4n) is 4.87. The van der Waals surface area contributed by atoms with Crippen LogP contribution in [0.4, 0.5) is 0 Å². The number of H-pyrrole nitrogens is 1. The molecule has 10 nitrogen and oxygen atoms in total. The Balaban J connectivity index is 1.45. The number of hydrogen-bond donors (Lipinski definition) is 2. The predicted octanol–water partition coefficient (Wildman–Crippen LogP) is 4.07. The van der Waals surface area contributed by atoms with Crippen molar-refractivity contribution < 1.29 is 9.59 Å². The number of carbonyl (C=O) groups is 2. The highest BCUT2D eigenvalue weighted by Gasteiger charge is 2.37. The van der Waals surface area contributed by atoms with Crippen LogP contribution in [0.5, 0.6) is 0 Å². The van der Waals surface area contributed by atoms with Gasteiger partial charge in [-0.05, 0) is 36.5 Å². The number of amides is 2. The summed E-state index contributed by atoms with van der Waals surface area (Å²) in [6.45, 7) is 6.76. The molecule has 0 saturated carbocycles. The fourth-order valence-corrected chi connectivity index (χ4v) is 5.05. The highest BCUT2D eigenvalue weighted by atomic mass is 35.5. The maximum atomic E-state index is 13.5. The van der Waals surface area contributed by atoms with Gasteiger partial charge in [0.25, 0.3) is 5.91 Å². The molecule has 196 valence electrons. The average molecular weight is 533 g/mol. The van der Waals surface area contributed by atoms with Crippen LogP contribution in [0.3, 0.4) is 0 Å². The van der Waals surface area contributed by atoms with Crippen LogP contribution in [0.15, 0.2) is 30.6 Å². The topological polar surface area (TPSA) is 133 Å². The minimum atomic E-state index is -0.753. The number of nitrogens with one attached hydrogen (secondary N) is 2. The molecule has 0 radical (unpaired) electrons. The van der Waals surface area contributed by atoms with Crippen molar-refractivity contribution in [3.63, 3.8) is 0 Å². The van der Waals surface area contributed by atoms with Crippen LogP contribution in [0.25, 0.3) is 33.5 Å². The molecule has 11 heteroatoms. The molecule has 0 spiro atoms. The molecule has 4 aromatic rings. The Bertz CT molecular complexity index is 1580. The molecule has 0 unspecified atom stereocenters. The Hall–Kier alpha value is -3.97. The number of carbonyl (C=O) groups excluding carboxylic acids is 2. The lowest BCUT2D eigenvalue weighted by Gasteiger charge is -2.37. The van der Waals surface area contributed by atoms with Gasteiger partial charge in [-0.2, -0.15) is 10.4 Å². The minimum Gasteiger partial charge on any atom is -0.344 e. The lowest BCUT2D eigenvalue weighted by Crippen LogP contribution is -2.56. The number of aromatic amines is 1. The monoisotopic (exact) mass is 532 g/mol. The lowest BCUT2D eigenvalue weighted by molar-refractivity contribution is -0.137. The van der Waals surface area contributed by atoms with Crippen LogP contribution in [-0.2, 0) is 11.8 Å². The minimum absolute atomic E-state index is 0.0343. The van der Waals surface area contributed by atoms with Crippen molar-refractivity contribution >= 4 is 45.5 Å². The van der Waals surface area contributed by atoms with Crippen LogP contribution in [0, 0.1) is 22.7 Å². The molecule has 3 aromatic heterocycles. The zero-order valence-electron chi connectivity index (χ0n) is 21.7. The van der Waals surface area contributed by atoms with Gasteiger partial charge >= 0.3 is 0 Å². The molecule has 0 bridgehead atoms. The molecule has 2 amide bonds. The summed E-state index contributed by atoms with van der Waals surface area (Å²) in [5.74, 6) is -0.601. The van der Waals surface area contributed by atoms with E-state index < -0.39 is 17.4 Å². The molecule has 1 atom stereocenters. The van der Waals surface area contributed by atoms with E-state index >= 15 is 0 Å². The smallest absolute Gasteiger partial charge is 0.255 e. The van der Waals surface area contributed by atoms with Crippen molar-refractivity contribution in [2.45, 2.75) is 39.7 Å². The van der Waals surface area contributed by atoms with E-state index in [2.05, 4.69) is 26.5 Å². The van der Waals surface area contributed by atoms with Crippen LogP contribution < -0.4 is 5.32 Å². The Morgan fingerprint density at radius 3 is 2.68 bits per heavy atom. The van der Waals surface area contributed by atoms with E-state index in [9.17, 15) is 14.9 Å². The van der Waals surface area contributed by atoms with E-state index in [1.165, 1.54) is 0 Å². The molecule has 4 heterocycles. The first-order valence-corrected chi connectivity index (χ1v) is 12.9. The van der Waals surface area contributed by atoms with Gasteiger partial charge in [0, 0.05) is 42.7 Å². The summed E-state index contributed by atoms with van der Waals surface area (Å²) in [4.78, 5) is 41.0.